The number of benzene rings is 3. The lowest BCUT2D eigenvalue weighted by Crippen LogP contribution is -2.19. The molecule has 3 N–H and O–H groups in total. The number of carbonyl (C=O) groups is 2. The Kier molecular flexibility index (Phi) is 4.45. The Hall–Kier alpha value is -3.80. The van der Waals surface area contributed by atoms with Gasteiger partial charge in [-0.3, -0.25) is 5.32 Å². The molecule has 1 amide bonds. The SMILES string of the molecule is O=C(Nc1c(O)cccc1C(=O)O)OCC1c2ccccc2-c2ccccc21. The molecule has 1 aliphatic rings. The van der Waals surface area contributed by atoms with Crippen molar-refractivity contribution >= 4 is 17.7 Å². The number of hydrogen-bond acceptors (Lipinski definition) is 4. The predicted octanol–water partition coefficient (Wildman–Crippen LogP) is 4.45. The van der Waals surface area contributed by atoms with Crippen LogP contribution < -0.4 is 5.32 Å². The number of carboxylic acid groups (broad SMARTS) is 1. The van der Waals surface area contributed by atoms with E-state index in [2.05, 4.69) is 5.32 Å². The standard InChI is InChI=1S/C22H17NO5/c24-19-11-5-10-17(21(25)26)20(19)23-22(27)28-12-18-15-8-3-1-6-13(15)14-7-2-4-9-16(14)18/h1-11,18,24H,12H2,(H,23,27)(H,25,26). The first-order valence-electron chi connectivity index (χ1n) is 8.73. The van der Waals surface area contributed by atoms with E-state index in [4.69, 9.17) is 4.74 Å². The van der Waals surface area contributed by atoms with Crippen LogP contribution in [0.4, 0.5) is 10.5 Å². The smallest absolute Gasteiger partial charge is 0.411 e. The van der Waals surface area contributed by atoms with Gasteiger partial charge in [-0.2, -0.15) is 0 Å². The van der Waals surface area contributed by atoms with E-state index in [1.54, 1.807) is 0 Å². The molecule has 1 aliphatic carbocycles. The highest BCUT2D eigenvalue weighted by Gasteiger charge is 2.29. The van der Waals surface area contributed by atoms with Gasteiger partial charge in [0, 0.05) is 5.92 Å². The van der Waals surface area contributed by atoms with Gasteiger partial charge in [-0.15, -0.1) is 0 Å². The minimum Gasteiger partial charge on any atom is -0.506 e. The number of phenols is 1. The van der Waals surface area contributed by atoms with Crippen molar-refractivity contribution in [1.82, 2.24) is 0 Å². The molecule has 0 bridgehead atoms. The van der Waals surface area contributed by atoms with Gasteiger partial charge in [0.15, 0.2) is 0 Å². The van der Waals surface area contributed by atoms with E-state index >= 15 is 0 Å². The van der Waals surface area contributed by atoms with Crippen molar-refractivity contribution in [2.24, 2.45) is 0 Å². The second-order valence-corrected chi connectivity index (χ2v) is 6.46. The average Bonchev–Trinajstić information content (AvgIpc) is 3.02. The number of hydrogen-bond donors (Lipinski definition) is 3. The number of fused-ring (bicyclic) bond motifs is 3. The lowest BCUT2D eigenvalue weighted by Gasteiger charge is -2.15. The summed E-state index contributed by atoms with van der Waals surface area (Å²) in [4.78, 5) is 23.6. The maximum atomic E-state index is 12.3. The molecule has 0 saturated carbocycles. The Morgan fingerprint density at radius 2 is 1.50 bits per heavy atom. The van der Waals surface area contributed by atoms with Crippen LogP contribution in [0.3, 0.4) is 0 Å². The summed E-state index contributed by atoms with van der Waals surface area (Å²) >= 11 is 0. The summed E-state index contributed by atoms with van der Waals surface area (Å²) < 4.78 is 5.38. The van der Waals surface area contributed by atoms with E-state index < -0.39 is 12.1 Å². The van der Waals surface area contributed by atoms with Gasteiger partial charge < -0.3 is 14.9 Å². The lowest BCUT2D eigenvalue weighted by atomic mass is 9.98. The van der Waals surface area contributed by atoms with Crippen molar-refractivity contribution in [3.63, 3.8) is 0 Å². The lowest BCUT2D eigenvalue weighted by molar-refractivity contribution is 0.0697. The van der Waals surface area contributed by atoms with Gasteiger partial charge in [0.05, 0.1) is 5.56 Å². The number of phenolic OH excluding ortho intramolecular Hbond substituents is 1. The molecule has 0 heterocycles. The maximum Gasteiger partial charge on any atom is 0.411 e. The number of nitrogens with one attached hydrogen (secondary N) is 1. The molecule has 0 aliphatic heterocycles. The van der Waals surface area contributed by atoms with Crippen LogP contribution in [0.25, 0.3) is 11.1 Å². The molecule has 28 heavy (non-hydrogen) atoms. The van der Waals surface area contributed by atoms with Crippen LogP contribution in [-0.2, 0) is 4.74 Å². The zero-order valence-corrected chi connectivity index (χ0v) is 14.8. The second-order valence-electron chi connectivity index (χ2n) is 6.46. The molecule has 0 atom stereocenters. The number of carbonyl (C=O) groups excluding carboxylic acids is 1. The second kappa shape index (κ2) is 7.08. The number of amides is 1. The largest absolute Gasteiger partial charge is 0.506 e. The zero-order chi connectivity index (χ0) is 19.7. The Balaban J connectivity index is 1.53. The van der Waals surface area contributed by atoms with E-state index in [-0.39, 0.29) is 29.5 Å². The third-order valence-corrected chi connectivity index (χ3v) is 4.84. The molecule has 3 aromatic rings. The number of aromatic hydroxyl groups is 1. The Bertz CT molecular complexity index is 1030. The van der Waals surface area contributed by atoms with Crippen LogP contribution in [0.15, 0.2) is 66.7 Å². The minimum absolute atomic E-state index is 0.0931. The quantitative estimate of drug-likeness (QED) is 0.586. The fraction of sp³-hybridized carbons (Fsp3) is 0.0909. The van der Waals surface area contributed by atoms with Crippen LogP contribution >= 0.6 is 0 Å². The summed E-state index contributed by atoms with van der Waals surface area (Å²) in [6, 6.07) is 19.9. The van der Waals surface area contributed by atoms with E-state index in [1.807, 2.05) is 48.5 Å². The molecular formula is C22H17NO5. The number of para-hydroxylation sites is 1. The predicted molar refractivity (Wildman–Crippen MR) is 104 cm³/mol. The van der Waals surface area contributed by atoms with Gasteiger partial charge in [0.25, 0.3) is 0 Å². The first kappa shape index (κ1) is 17.6. The third kappa shape index (κ3) is 3.05. The minimum atomic E-state index is -1.26. The maximum absolute atomic E-state index is 12.3. The zero-order valence-electron chi connectivity index (χ0n) is 14.8. The Morgan fingerprint density at radius 1 is 0.893 bits per heavy atom. The fourth-order valence-electron chi connectivity index (χ4n) is 3.59. The summed E-state index contributed by atoms with van der Waals surface area (Å²) in [6.07, 6.45) is -0.828. The van der Waals surface area contributed by atoms with Crippen molar-refractivity contribution in [2.45, 2.75) is 5.92 Å². The first-order chi connectivity index (χ1) is 13.6. The van der Waals surface area contributed by atoms with Gasteiger partial charge in [0.2, 0.25) is 0 Å². The number of carboxylic acids is 1. The molecule has 0 spiro atoms. The summed E-state index contributed by atoms with van der Waals surface area (Å²) in [7, 11) is 0. The van der Waals surface area contributed by atoms with Crippen molar-refractivity contribution in [3.05, 3.63) is 83.4 Å². The van der Waals surface area contributed by atoms with E-state index in [9.17, 15) is 19.8 Å². The number of ether oxygens (including phenoxy) is 1. The van der Waals surface area contributed by atoms with E-state index in [1.165, 1.54) is 18.2 Å². The molecule has 140 valence electrons. The molecule has 0 radical (unpaired) electrons. The van der Waals surface area contributed by atoms with E-state index in [0.29, 0.717) is 0 Å². The normalized spacial score (nSPS) is 12.1. The fourth-order valence-corrected chi connectivity index (χ4v) is 3.59. The molecule has 0 fully saturated rings. The van der Waals surface area contributed by atoms with Crippen molar-refractivity contribution in [2.75, 3.05) is 11.9 Å². The first-order valence-corrected chi connectivity index (χ1v) is 8.73. The van der Waals surface area contributed by atoms with Crippen LogP contribution in [-0.4, -0.2) is 28.9 Å². The molecule has 6 heteroatoms. The Labute approximate surface area is 161 Å². The summed E-state index contributed by atoms with van der Waals surface area (Å²) in [6.45, 7) is 0.0931. The summed E-state index contributed by atoms with van der Waals surface area (Å²) in [5.41, 5.74) is 3.97. The molecule has 3 aromatic carbocycles. The number of rotatable bonds is 4. The van der Waals surface area contributed by atoms with Crippen LogP contribution in [0.2, 0.25) is 0 Å². The van der Waals surface area contributed by atoms with Crippen LogP contribution in [0.1, 0.15) is 27.4 Å². The van der Waals surface area contributed by atoms with Crippen molar-refractivity contribution in [3.8, 4) is 16.9 Å². The summed E-state index contributed by atoms with van der Waals surface area (Å²) in [5.74, 6) is -1.71. The molecule has 4 rings (SSSR count). The number of aromatic carboxylic acids is 1. The van der Waals surface area contributed by atoms with Crippen molar-refractivity contribution in [1.29, 1.82) is 0 Å². The topological polar surface area (TPSA) is 95.9 Å². The van der Waals surface area contributed by atoms with E-state index in [0.717, 1.165) is 22.3 Å². The number of anilines is 1. The van der Waals surface area contributed by atoms with Gasteiger partial charge >= 0.3 is 12.1 Å². The Morgan fingerprint density at radius 3 is 2.11 bits per heavy atom. The van der Waals surface area contributed by atoms with Crippen molar-refractivity contribution < 1.29 is 24.5 Å². The highest BCUT2D eigenvalue weighted by molar-refractivity contribution is 6.00. The molecule has 6 nitrogen and oxygen atoms in total. The molecule has 0 saturated heterocycles. The average molecular weight is 375 g/mol. The van der Waals surface area contributed by atoms with Gasteiger partial charge in [-0.05, 0) is 34.4 Å². The highest BCUT2D eigenvalue weighted by atomic mass is 16.5. The highest BCUT2D eigenvalue weighted by Crippen LogP contribution is 2.44. The monoisotopic (exact) mass is 375 g/mol. The molecule has 0 aromatic heterocycles. The molecule has 0 unspecified atom stereocenters. The molecular weight excluding hydrogens is 358 g/mol. The van der Waals surface area contributed by atoms with Crippen LogP contribution in [0.5, 0.6) is 5.75 Å². The van der Waals surface area contributed by atoms with Gasteiger partial charge in [-0.25, -0.2) is 9.59 Å². The summed E-state index contributed by atoms with van der Waals surface area (Å²) in [5, 5.41) is 21.5. The van der Waals surface area contributed by atoms with Crippen LogP contribution in [0, 0.1) is 0 Å². The van der Waals surface area contributed by atoms with Gasteiger partial charge in [-0.1, -0.05) is 54.6 Å². The van der Waals surface area contributed by atoms with Gasteiger partial charge in [0.1, 0.15) is 18.0 Å². The third-order valence-electron chi connectivity index (χ3n) is 4.84.